The Balaban J connectivity index is 2.88. The van der Waals surface area contributed by atoms with Crippen LogP contribution in [0.4, 0.5) is 0 Å². The van der Waals surface area contributed by atoms with Gasteiger partial charge in [-0.05, 0) is 55.9 Å². The van der Waals surface area contributed by atoms with Crippen LogP contribution in [-0.2, 0) is 0 Å². The van der Waals surface area contributed by atoms with E-state index < -0.39 is 0 Å². The second kappa shape index (κ2) is 6.46. The van der Waals surface area contributed by atoms with Crippen molar-refractivity contribution < 1.29 is 4.79 Å². The highest BCUT2D eigenvalue weighted by Gasteiger charge is 2.18. The molecule has 0 radical (unpaired) electrons. The van der Waals surface area contributed by atoms with Crippen molar-refractivity contribution in [2.24, 2.45) is 5.41 Å². The molecule has 1 amide bonds. The minimum absolute atomic E-state index is 0.00847. The normalized spacial score (nSPS) is 13.2. The lowest BCUT2D eigenvalue weighted by Gasteiger charge is -2.24. The molecule has 1 aromatic carbocycles. The Morgan fingerprint density at radius 3 is 1.95 bits per heavy atom. The van der Waals surface area contributed by atoms with Crippen molar-refractivity contribution in [3.05, 3.63) is 41.5 Å². The van der Waals surface area contributed by atoms with Crippen LogP contribution in [0.1, 0.15) is 70.8 Å². The molecule has 0 aliphatic carbocycles. The van der Waals surface area contributed by atoms with Crippen LogP contribution in [0.25, 0.3) is 5.57 Å². The Morgan fingerprint density at radius 1 is 1.05 bits per heavy atom. The topological polar surface area (TPSA) is 29.1 Å². The van der Waals surface area contributed by atoms with Gasteiger partial charge in [-0.1, -0.05) is 45.9 Å². The van der Waals surface area contributed by atoms with Gasteiger partial charge in [-0.3, -0.25) is 4.79 Å². The van der Waals surface area contributed by atoms with Crippen molar-refractivity contribution in [2.75, 3.05) is 0 Å². The molecule has 0 bridgehead atoms. The third-order valence-electron chi connectivity index (χ3n) is 3.59. The van der Waals surface area contributed by atoms with E-state index in [1.54, 1.807) is 0 Å². The number of allylic oxidation sites excluding steroid dienone is 2. The summed E-state index contributed by atoms with van der Waals surface area (Å²) in [5, 5.41) is 3.06. The fourth-order valence-electron chi connectivity index (χ4n) is 2.09. The molecule has 116 valence electrons. The van der Waals surface area contributed by atoms with E-state index >= 15 is 0 Å². The summed E-state index contributed by atoms with van der Waals surface area (Å²) in [5.41, 5.74) is 3.10. The minimum Gasteiger partial charge on any atom is -0.347 e. The zero-order chi connectivity index (χ0) is 16.3. The van der Waals surface area contributed by atoms with E-state index in [4.69, 9.17) is 0 Å². The van der Waals surface area contributed by atoms with Crippen LogP contribution >= 0.6 is 0 Å². The predicted octanol–water partition coefficient (Wildman–Crippen LogP) is 5.05. The lowest BCUT2D eigenvalue weighted by atomic mass is 9.91. The molecule has 0 saturated carbocycles. The summed E-state index contributed by atoms with van der Waals surface area (Å²) in [6.07, 6.45) is 3.16. The van der Waals surface area contributed by atoms with E-state index in [1.807, 2.05) is 38.1 Å². The molecule has 2 nitrogen and oxygen atoms in total. The molecular formula is C19H29NO. The van der Waals surface area contributed by atoms with E-state index in [9.17, 15) is 4.79 Å². The summed E-state index contributed by atoms with van der Waals surface area (Å²) in [6, 6.07) is 7.84. The van der Waals surface area contributed by atoms with Crippen molar-refractivity contribution in [1.82, 2.24) is 5.32 Å². The highest BCUT2D eigenvalue weighted by atomic mass is 16.1. The molecule has 0 unspecified atom stereocenters. The summed E-state index contributed by atoms with van der Waals surface area (Å²) in [6.45, 7) is 14.8. The van der Waals surface area contributed by atoms with Crippen molar-refractivity contribution in [3.63, 3.8) is 0 Å². The smallest absolute Gasteiger partial charge is 0.251 e. The van der Waals surface area contributed by atoms with E-state index in [1.165, 1.54) is 5.57 Å². The number of carbonyl (C=O) groups excluding carboxylic acids is 1. The molecule has 1 aromatic rings. The van der Waals surface area contributed by atoms with Crippen molar-refractivity contribution in [3.8, 4) is 0 Å². The maximum Gasteiger partial charge on any atom is 0.251 e. The molecule has 0 atom stereocenters. The van der Waals surface area contributed by atoms with Crippen molar-refractivity contribution in [1.29, 1.82) is 0 Å². The van der Waals surface area contributed by atoms with Crippen LogP contribution in [0.5, 0.6) is 0 Å². The first-order valence-electron chi connectivity index (χ1n) is 7.66. The van der Waals surface area contributed by atoms with Gasteiger partial charge in [-0.15, -0.1) is 0 Å². The molecule has 0 aromatic heterocycles. The number of hydrogen-bond donors (Lipinski definition) is 1. The first-order chi connectivity index (χ1) is 9.54. The van der Waals surface area contributed by atoms with Gasteiger partial charge < -0.3 is 5.32 Å². The Hall–Kier alpha value is -1.57. The Kier molecular flexibility index (Phi) is 5.38. The third-order valence-corrected chi connectivity index (χ3v) is 3.59. The van der Waals surface area contributed by atoms with Gasteiger partial charge >= 0.3 is 0 Å². The van der Waals surface area contributed by atoms with Gasteiger partial charge in [0.15, 0.2) is 0 Å². The first-order valence-corrected chi connectivity index (χ1v) is 7.66. The monoisotopic (exact) mass is 287 g/mol. The van der Waals surface area contributed by atoms with Crippen molar-refractivity contribution >= 4 is 11.5 Å². The number of nitrogens with one attached hydrogen (secondary N) is 1. The average molecular weight is 287 g/mol. The minimum atomic E-state index is -0.169. The molecule has 2 heteroatoms. The highest BCUT2D eigenvalue weighted by Crippen LogP contribution is 2.23. The number of hydrogen-bond acceptors (Lipinski definition) is 1. The predicted molar refractivity (Wildman–Crippen MR) is 91.4 cm³/mol. The second-order valence-corrected chi connectivity index (χ2v) is 7.46. The highest BCUT2D eigenvalue weighted by molar-refractivity contribution is 5.95. The summed E-state index contributed by atoms with van der Waals surface area (Å²) < 4.78 is 0. The SMILES string of the molecule is CCC(C)(C)NC(=O)c1ccc(/C(C)=C/C(C)(C)C)cc1. The molecule has 1 N–H and O–H groups in total. The zero-order valence-electron chi connectivity index (χ0n) is 14.5. The van der Waals surface area contributed by atoms with Crippen LogP contribution in [0.2, 0.25) is 0 Å². The summed E-state index contributed by atoms with van der Waals surface area (Å²) in [4.78, 5) is 12.2. The van der Waals surface area contributed by atoms with Crippen LogP contribution in [0, 0.1) is 5.41 Å². The lowest BCUT2D eigenvalue weighted by Crippen LogP contribution is -2.42. The van der Waals surface area contributed by atoms with Gasteiger partial charge in [0.2, 0.25) is 0 Å². The summed E-state index contributed by atoms with van der Waals surface area (Å²) >= 11 is 0. The quantitative estimate of drug-likeness (QED) is 0.824. The summed E-state index contributed by atoms with van der Waals surface area (Å²) in [7, 11) is 0. The van der Waals surface area contributed by atoms with Crippen LogP contribution in [0.3, 0.4) is 0 Å². The van der Waals surface area contributed by atoms with Crippen LogP contribution < -0.4 is 5.32 Å². The average Bonchev–Trinajstić information content (AvgIpc) is 2.36. The maximum absolute atomic E-state index is 12.2. The van der Waals surface area contributed by atoms with Crippen molar-refractivity contribution in [2.45, 2.75) is 60.4 Å². The van der Waals surface area contributed by atoms with Gasteiger partial charge in [-0.2, -0.15) is 0 Å². The summed E-state index contributed by atoms with van der Waals surface area (Å²) in [5.74, 6) is -0.00847. The Bertz CT molecular complexity index is 515. The second-order valence-electron chi connectivity index (χ2n) is 7.46. The molecule has 21 heavy (non-hydrogen) atoms. The van der Waals surface area contributed by atoms with E-state index in [-0.39, 0.29) is 16.9 Å². The zero-order valence-corrected chi connectivity index (χ0v) is 14.5. The Labute approximate surface area is 129 Å². The molecule has 0 spiro atoms. The molecule has 1 rings (SSSR count). The molecule has 0 aliphatic rings. The molecule has 0 aliphatic heterocycles. The number of carbonyl (C=O) groups is 1. The van der Waals surface area contributed by atoms with E-state index in [2.05, 4.69) is 46.0 Å². The number of benzene rings is 1. The molecule has 0 fully saturated rings. The third kappa shape index (κ3) is 5.74. The van der Waals surface area contributed by atoms with Gasteiger partial charge in [0.1, 0.15) is 0 Å². The Morgan fingerprint density at radius 2 is 1.52 bits per heavy atom. The van der Waals surface area contributed by atoms with Gasteiger partial charge in [0.05, 0.1) is 0 Å². The van der Waals surface area contributed by atoms with Gasteiger partial charge in [0.25, 0.3) is 5.91 Å². The first kappa shape index (κ1) is 17.5. The van der Waals surface area contributed by atoms with Crippen LogP contribution in [0.15, 0.2) is 30.3 Å². The molecule has 0 heterocycles. The van der Waals surface area contributed by atoms with E-state index in [0.29, 0.717) is 5.56 Å². The number of amides is 1. The van der Waals surface area contributed by atoms with E-state index in [0.717, 1.165) is 12.0 Å². The van der Waals surface area contributed by atoms with Crippen LogP contribution in [-0.4, -0.2) is 11.4 Å². The number of rotatable bonds is 4. The molecular weight excluding hydrogens is 258 g/mol. The maximum atomic E-state index is 12.2. The standard InChI is InChI=1S/C19H29NO/c1-8-19(6,7)20-17(21)16-11-9-15(10-12-16)14(2)13-18(3,4)5/h9-13H,8H2,1-7H3,(H,20,21)/b14-13+. The molecule has 0 saturated heterocycles. The fraction of sp³-hybridized carbons (Fsp3) is 0.526. The van der Waals surface area contributed by atoms with Gasteiger partial charge in [-0.25, -0.2) is 0 Å². The fourth-order valence-corrected chi connectivity index (χ4v) is 2.09. The largest absolute Gasteiger partial charge is 0.347 e. The lowest BCUT2D eigenvalue weighted by molar-refractivity contribution is 0.0911. The van der Waals surface area contributed by atoms with Gasteiger partial charge in [0, 0.05) is 11.1 Å².